The fourth-order valence-corrected chi connectivity index (χ4v) is 4.06. The van der Waals surface area contributed by atoms with Crippen molar-refractivity contribution in [3.8, 4) is 0 Å². The maximum atomic E-state index is 10.3. The van der Waals surface area contributed by atoms with E-state index in [-0.39, 0.29) is 6.10 Å². The highest BCUT2D eigenvalue weighted by molar-refractivity contribution is 9.10. The molecule has 3 rings (SSSR count). The second-order valence-electron chi connectivity index (χ2n) is 5.61. The largest absolute Gasteiger partial charge is 0.393 e. The van der Waals surface area contributed by atoms with Crippen LogP contribution in [0.15, 0.2) is 17.0 Å². The second kappa shape index (κ2) is 5.75. The van der Waals surface area contributed by atoms with E-state index in [0.29, 0.717) is 12.0 Å². The van der Waals surface area contributed by atoms with E-state index >= 15 is 0 Å². The number of anilines is 1. The Kier molecular flexibility index (Phi) is 4.03. The van der Waals surface area contributed by atoms with Gasteiger partial charge in [0.1, 0.15) is 12.1 Å². The summed E-state index contributed by atoms with van der Waals surface area (Å²) in [5, 5.41) is 10.3. The summed E-state index contributed by atoms with van der Waals surface area (Å²) in [5.74, 6) is 1.38. The molecule has 1 aromatic heterocycles. The highest BCUT2D eigenvalue weighted by atomic mass is 79.9. The molecule has 19 heavy (non-hydrogen) atoms. The van der Waals surface area contributed by atoms with Crippen LogP contribution in [0.25, 0.3) is 0 Å². The minimum Gasteiger partial charge on any atom is -0.393 e. The van der Waals surface area contributed by atoms with Crippen LogP contribution in [0.1, 0.15) is 38.5 Å². The fraction of sp³-hybridized carbons (Fsp3) is 0.714. The van der Waals surface area contributed by atoms with E-state index in [1.165, 1.54) is 19.3 Å². The smallest absolute Gasteiger partial charge is 0.146 e. The van der Waals surface area contributed by atoms with Gasteiger partial charge >= 0.3 is 0 Å². The average Bonchev–Trinajstić information content (AvgIpc) is 2.89. The maximum Gasteiger partial charge on any atom is 0.146 e. The molecule has 0 bridgehead atoms. The maximum absolute atomic E-state index is 10.3. The third kappa shape index (κ3) is 2.63. The van der Waals surface area contributed by atoms with E-state index < -0.39 is 0 Å². The molecule has 0 spiro atoms. The van der Waals surface area contributed by atoms with E-state index in [4.69, 9.17) is 0 Å². The molecule has 3 atom stereocenters. The molecule has 2 aliphatic rings. The van der Waals surface area contributed by atoms with Gasteiger partial charge in [0.15, 0.2) is 0 Å². The van der Waals surface area contributed by atoms with Gasteiger partial charge in [0.2, 0.25) is 0 Å². The first-order valence-electron chi connectivity index (χ1n) is 7.17. The zero-order valence-corrected chi connectivity index (χ0v) is 12.6. The predicted octanol–water partition coefficient (Wildman–Crippen LogP) is 2.76. The van der Waals surface area contributed by atoms with Crippen LogP contribution in [0, 0.1) is 5.92 Å². The van der Waals surface area contributed by atoms with Crippen LogP contribution in [0.5, 0.6) is 0 Å². The van der Waals surface area contributed by atoms with Gasteiger partial charge in [-0.15, -0.1) is 0 Å². The average molecular weight is 326 g/mol. The summed E-state index contributed by atoms with van der Waals surface area (Å²) in [6, 6.07) is 0.432. The lowest BCUT2D eigenvalue weighted by Crippen LogP contribution is -2.43. The Morgan fingerprint density at radius 1 is 1.21 bits per heavy atom. The Bertz CT molecular complexity index is 442. The van der Waals surface area contributed by atoms with Crippen molar-refractivity contribution in [1.29, 1.82) is 0 Å². The topological polar surface area (TPSA) is 49.2 Å². The van der Waals surface area contributed by atoms with Gasteiger partial charge in [0, 0.05) is 24.7 Å². The molecule has 5 heteroatoms. The van der Waals surface area contributed by atoms with Crippen molar-refractivity contribution in [3.63, 3.8) is 0 Å². The van der Waals surface area contributed by atoms with Crippen molar-refractivity contribution in [1.82, 2.24) is 9.97 Å². The molecule has 1 aliphatic carbocycles. The number of aromatic nitrogens is 2. The Balaban J connectivity index is 1.83. The molecule has 0 unspecified atom stereocenters. The zero-order chi connectivity index (χ0) is 13.2. The molecule has 0 amide bonds. The standard InChI is InChI=1S/C14H20BrN3O/c15-11-8-16-9-17-14(11)18-7-3-5-12(18)10-4-1-2-6-13(10)19/h8-10,12-13,19H,1-7H2/t10-,12-,13+/m0/s1. The molecule has 4 nitrogen and oxygen atoms in total. The molecule has 1 saturated carbocycles. The van der Waals surface area contributed by atoms with Crippen LogP contribution >= 0.6 is 15.9 Å². The number of hydrogen-bond acceptors (Lipinski definition) is 4. The van der Waals surface area contributed by atoms with E-state index in [1.807, 2.05) is 0 Å². The molecule has 1 N–H and O–H groups in total. The minimum atomic E-state index is -0.139. The molecule has 0 radical (unpaired) electrons. The Morgan fingerprint density at radius 2 is 2.05 bits per heavy atom. The fourth-order valence-electron chi connectivity index (χ4n) is 3.61. The predicted molar refractivity (Wildman–Crippen MR) is 78.1 cm³/mol. The summed E-state index contributed by atoms with van der Waals surface area (Å²) in [6.07, 6.45) is 10.1. The lowest BCUT2D eigenvalue weighted by molar-refractivity contribution is 0.0565. The highest BCUT2D eigenvalue weighted by Gasteiger charge is 2.37. The summed E-state index contributed by atoms with van der Waals surface area (Å²) < 4.78 is 0.951. The van der Waals surface area contributed by atoms with Gasteiger partial charge in [-0.3, -0.25) is 0 Å². The van der Waals surface area contributed by atoms with E-state index in [1.54, 1.807) is 12.5 Å². The Labute approximate surface area is 122 Å². The first-order chi connectivity index (χ1) is 9.27. The summed E-state index contributed by atoms with van der Waals surface area (Å²) in [6.45, 7) is 1.03. The van der Waals surface area contributed by atoms with E-state index in [2.05, 4.69) is 30.8 Å². The lowest BCUT2D eigenvalue weighted by Gasteiger charge is -2.37. The quantitative estimate of drug-likeness (QED) is 0.908. The molecule has 0 aromatic carbocycles. The number of hydrogen-bond donors (Lipinski definition) is 1. The van der Waals surface area contributed by atoms with Crippen LogP contribution in [0.3, 0.4) is 0 Å². The van der Waals surface area contributed by atoms with Gasteiger partial charge in [-0.05, 0) is 41.6 Å². The van der Waals surface area contributed by atoms with Crippen molar-refractivity contribution in [2.75, 3.05) is 11.4 Å². The Hall–Kier alpha value is -0.680. The summed E-state index contributed by atoms with van der Waals surface area (Å²) in [4.78, 5) is 10.8. The van der Waals surface area contributed by atoms with Gasteiger partial charge in [-0.2, -0.15) is 0 Å². The summed E-state index contributed by atoms with van der Waals surface area (Å²) in [7, 11) is 0. The van der Waals surface area contributed by atoms with Gasteiger partial charge in [0.25, 0.3) is 0 Å². The Morgan fingerprint density at radius 3 is 2.84 bits per heavy atom. The molecule has 1 aliphatic heterocycles. The molecule has 1 aromatic rings. The molecule has 2 heterocycles. The monoisotopic (exact) mass is 325 g/mol. The van der Waals surface area contributed by atoms with Gasteiger partial charge in [0.05, 0.1) is 10.6 Å². The van der Waals surface area contributed by atoms with Gasteiger partial charge < -0.3 is 10.0 Å². The third-order valence-corrected chi connectivity index (χ3v) is 5.05. The molecule has 104 valence electrons. The molecular weight excluding hydrogens is 306 g/mol. The number of halogens is 1. The molecule has 1 saturated heterocycles. The van der Waals surface area contributed by atoms with E-state index in [0.717, 1.165) is 36.1 Å². The van der Waals surface area contributed by atoms with Crippen molar-refractivity contribution >= 4 is 21.7 Å². The highest BCUT2D eigenvalue weighted by Crippen LogP contribution is 2.38. The van der Waals surface area contributed by atoms with Crippen molar-refractivity contribution in [3.05, 3.63) is 17.0 Å². The second-order valence-corrected chi connectivity index (χ2v) is 6.47. The number of rotatable bonds is 2. The SMILES string of the molecule is O[C@@H]1CCCC[C@H]1[C@@H]1CCCN1c1ncncc1Br. The molecule has 2 fully saturated rings. The zero-order valence-electron chi connectivity index (χ0n) is 11.0. The van der Waals surface area contributed by atoms with Gasteiger partial charge in [-0.25, -0.2) is 9.97 Å². The lowest BCUT2D eigenvalue weighted by atomic mass is 9.80. The van der Waals surface area contributed by atoms with Crippen molar-refractivity contribution in [2.45, 2.75) is 50.7 Å². The summed E-state index contributed by atoms with van der Waals surface area (Å²) in [5.41, 5.74) is 0. The van der Waals surface area contributed by atoms with Crippen molar-refractivity contribution in [2.24, 2.45) is 5.92 Å². The normalized spacial score (nSPS) is 31.7. The van der Waals surface area contributed by atoms with E-state index in [9.17, 15) is 5.11 Å². The first-order valence-corrected chi connectivity index (χ1v) is 7.97. The summed E-state index contributed by atoms with van der Waals surface area (Å²) >= 11 is 3.54. The minimum absolute atomic E-state index is 0.139. The number of aliphatic hydroxyl groups excluding tert-OH is 1. The first kappa shape index (κ1) is 13.3. The number of nitrogens with zero attached hydrogens (tertiary/aromatic N) is 3. The van der Waals surface area contributed by atoms with Crippen molar-refractivity contribution < 1.29 is 5.11 Å². The van der Waals surface area contributed by atoms with Crippen LogP contribution in [-0.4, -0.2) is 33.8 Å². The van der Waals surface area contributed by atoms with Gasteiger partial charge in [-0.1, -0.05) is 12.8 Å². The van der Waals surface area contributed by atoms with Crippen LogP contribution < -0.4 is 4.90 Å². The van der Waals surface area contributed by atoms with Crippen LogP contribution in [-0.2, 0) is 0 Å². The third-order valence-electron chi connectivity index (χ3n) is 4.50. The van der Waals surface area contributed by atoms with Crippen LogP contribution in [0.4, 0.5) is 5.82 Å². The van der Waals surface area contributed by atoms with Crippen LogP contribution in [0.2, 0.25) is 0 Å². The number of aliphatic hydroxyl groups is 1. The molecular formula is C14H20BrN3O.